The van der Waals surface area contributed by atoms with Gasteiger partial charge in [-0.15, -0.1) is 0 Å². The maximum Gasteiger partial charge on any atom is 0.282 e. The van der Waals surface area contributed by atoms with E-state index in [9.17, 15) is 14.4 Å². The van der Waals surface area contributed by atoms with Gasteiger partial charge in [-0.3, -0.25) is 14.4 Å². The number of anilines is 1. The molecular weight excluding hydrogens is 410 g/mol. The van der Waals surface area contributed by atoms with Gasteiger partial charge in [-0.2, -0.15) is 10.1 Å². The fourth-order valence-electron chi connectivity index (χ4n) is 3.14. The van der Waals surface area contributed by atoms with Gasteiger partial charge in [0.05, 0.1) is 30.1 Å². The molecule has 0 fully saturated rings. The van der Waals surface area contributed by atoms with E-state index >= 15 is 0 Å². The Morgan fingerprint density at radius 2 is 1.56 bits per heavy atom. The monoisotopic (exact) mass is 429 g/mol. The number of nitrogens with zero attached hydrogens (tertiary/aromatic N) is 2. The average molecular weight is 429 g/mol. The third-order valence-electron chi connectivity index (χ3n) is 4.73. The number of methoxy groups -OCH3 is 1. The van der Waals surface area contributed by atoms with Crippen LogP contribution in [0, 0.1) is 0 Å². The molecule has 0 unspecified atom stereocenters. The molecule has 4 rings (SSSR count). The standard InChI is InChI=1S/C24H19N3O5/c1-31-21-9-5-4-8-20(21)26-22(28)15-32-17-12-10-16(11-13-17)14-25-27-23(29)18-6-2-3-7-19(18)24(27)30/h2-14H,15H2,1H3,(H,26,28)/b25-14+. The molecule has 3 aromatic rings. The van der Waals surface area contributed by atoms with E-state index in [1.165, 1.54) is 13.3 Å². The van der Waals surface area contributed by atoms with Gasteiger partial charge in [0.1, 0.15) is 11.5 Å². The minimum absolute atomic E-state index is 0.180. The Labute approximate surface area is 184 Å². The van der Waals surface area contributed by atoms with Crippen molar-refractivity contribution in [3.05, 3.63) is 89.5 Å². The van der Waals surface area contributed by atoms with Crippen LogP contribution in [0.1, 0.15) is 26.3 Å². The highest BCUT2D eigenvalue weighted by atomic mass is 16.5. The Hall–Kier alpha value is -4.46. The molecule has 1 N–H and O–H groups in total. The van der Waals surface area contributed by atoms with Crippen LogP contribution >= 0.6 is 0 Å². The van der Waals surface area contributed by atoms with Gasteiger partial charge in [-0.1, -0.05) is 24.3 Å². The molecule has 8 nitrogen and oxygen atoms in total. The van der Waals surface area contributed by atoms with E-state index < -0.39 is 11.8 Å². The summed E-state index contributed by atoms with van der Waals surface area (Å²) >= 11 is 0. The van der Waals surface area contributed by atoms with Crippen molar-refractivity contribution in [2.24, 2.45) is 5.10 Å². The molecule has 0 aromatic heterocycles. The van der Waals surface area contributed by atoms with E-state index in [1.54, 1.807) is 66.7 Å². The normalized spacial score (nSPS) is 12.7. The molecule has 1 heterocycles. The van der Waals surface area contributed by atoms with Gasteiger partial charge in [0.25, 0.3) is 17.7 Å². The molecule has 0 atom stereocenters. The van der Waals surface area contributed by atoms with Gasteiger partial charge in [0.2, 0.25) is 0 Å². The Balaban J connectivity index is 1.33. The number of carbonyl (C=O) groups is 3. The molecule has 0 saturated carbocycles. The first kappa shape index (κ1) is 20.8. The number of rotatable bonds is 7. The molecule has 3 aromatic carbocycles. The fourth-order valence-corrected chi connectivity index (χ4v) is 3.14. The lowest BCUT2D eigenvalue weighted by Gasteiger charge is -2.10. The van der Waals surface area contributed by atoms with Gasteiger partial charge in [-0.05, 0) is 54.1 Å². The molecular formula is C24H19N3O5. The summed E-state index contributed by atoms with van der Waals surface area (Å²) in [4.78, 5) is 36.8. The molecule has 32 heavy (non-hydrogen) atoms. The Kier molecular flexibility index (Phi) is 5.94. The zero-order chi connectivity index (χ0) is 22.5. The molecule has 1 aliphatic rings. The van der Waals surface area contributed by atoms with Crippen molar-refractivity contribution in [2.75, 3.05) is 19.0 Å². The van der Waals surface area contributed by atoms with Crippen LogP contribution in [0.2, 0.25) is 0 Å². The number of hydrogen-bond acceptors (Lipinski definition) is 6. The lowest BCUT2D eigenvalue weighted by atomic mass is 10.1. The summed E-state index contributed by atoms with van der Waals surface area (Å²) in [6.07, 6.45) is 1.42. The number of fused-ring (bicyclic) bond motifs is 1. The molecule has 1 aliphatic heterocycles. The van der Waals surface area contributed by atoms with Crippen molar-refractivity contribution in [3.8, 4) is 11.5 Å². The number of hydrazone groups is 1. The van der Waals surface area contributed by atoms with Crippen molar-refractivity contribution in [1.82, 2.24) is 5.01 Å². The van der Waals surface area contributed by atoms with Crippen molar-refractivity contribution in [2.45, 2.75) is 0 Å². The predicted molar refractivity (Wildman–Crippen MR) is 118 cm³/mol. The van der Waals surface area contributed by atoms with Crippen molar-refractivity contribution >= 4 is 29.6 Å². The van der Waals surface area contributed by atoms with Gasteiger partial charge < -0.3 is 14.8 Å². The second-order valence-corrected chi connectivity index (χ2v) is 6.82. The molecule has 160 valence electrons. The number of amides is 3. The third kappa shape index (κ3) is 4.34. The van der Waals surface area contributed by atoms with E-state index in [0.29, 0.717) is 33.9 Å². The second-order valence-electron chi connectivity index (χ2n) is 6.82. The lowest BCUT2D eigenvalue weighted by Crippen LogP contribution is -2.24. The summed E-state index contributed by atoms with van der Waals surface area (Å²) in [6.45, 7) is -0.180. The summed E-state index contributed by atoms with van der Waals surface area (Å²) in [5, 5.41) is 7.61. The van der Waals surface area contributed by atoms with Crippen LogP contribution in [0.3, 0.4) is 0 Å². The van der Waals surface area contributed by atoms with Gasteiger partial charge >= 0.3 is 0 Å². The highest BCUT2D eigenvalue weighted by molar-refractivity contribution is 6.21. The molecule has 0 aliphatic carbocycles. The topological polar surface area (TPSA) is 97.3 Å². The molecule has 0 radical (unpaired) electrons. The second kappa shape index (κ2) is 9.13. The molecule has 0 spiro atoms. The predicted octanol–water partition coefficient (Wildman–Crippen LogP) is 3.34. The number of para-hydroxylation sites is 2. The van der Waals surface area contributed by atoms with E-state index in [0.717, 1.165) is 5.01 Å². The first-order valence-electron chi connectivity index (χ1n) is 9.74. The van der Waals surface area contributed by atoms with Crippen LogP contribution in [0.25, 0.3) is 0 Å². The average Bonchev–Trinajstić information content (AvgIpc) is 3.07. The Bertz CT molecular complexity index is 1170. The molecule has 3 amide bonds. The van der Waals surface area contributed by atoms with Gasteiger partial charge in [0, 0.05) is 0 Å². The first-order valence-corrected chi connectivity index (χ1v) is 9.74. The molecule has 8 heteroatoms. The summed E-state index contributed by atoms with van der Waals surface area (Å²) in [7, 11) is 1.53. The molecule has 0 bridgehead atoms. The first-order chi connectivity index (χ1) is 15.6. The summed E-state index contributed by atoms with van der Waals surface area (Å²) in [5.74, 6) is -0.197. The number of benzene rings is 3. The minimum Gasteiger partial charge on any atom is -0.495 e. The van der Waals surface area contributed by atoms with Crippen molar-refractivity contribution < 1.29 is 23.9 Å². The highest BCUT2D eigenvalue weighted by Gasteiger charge is 2.35. The SMILES string of the molecule is COc1ccccc1NC(=O)COc1ccc(/C=N/N2C(=O)c3ccccc3C2=O)cc1. The number of hydrogen-bond donors (Lipinski definition) is 1. The van der Waals surface area contributed by atoms with Crippen molar-refractivity contribution in [1.29, 1.82) is 0 Å². The maximum atomic E-state index is 12.3. The van der Waals surface area contributed by atoms with Gasteiger partial charge in [0.15, 0.2) is 6.61 Å². The van der Waals surface area contributed by atoms with Crippen LogP contribution in [-0.4, -0.2) is 42.7 Å². The Morgan fingerprint density at radius 1 is 0.938 bits per heavy atom. The number of ether oxygens (including phenoxy) is 2. The summed E-state index contributed by atoms with van der Waals surface area (Å²) < 4.78 is 10.7. The molecule has 0 saturated heterocycles. The number of carbonyl (C=O) groups excluding carboxylic acids is 3. The largest absolute Gasteiger partial charge is 0.495 e. The van der Waals surface area contributed by atoms with Gasteiger partial charge in [-0.25, -0.2) is 0 Å². The number of imide groups is 1. The summed E-state index contributed by atoms with van der Waals surface area (Å²) in [6, 6.07) is 20.4. The number of nitrogens with one attached hydrogen (secondary N) is 1. The fraction of sp³-hybridized carbons (Fsp3) is 0.0833. The van der Waals surface area contributed by atoms with Crippen LogP contribution in [0.4, 0.5) is 5.69 Å². The van der Waals surface area contributed by atoms with E-state index in [2.05, 4.69) is 10.4 Å². The van der Waals surface area contributed by atoms with E-state index in [1.807, 2.05) is 6.07 Å². The lowest BCUT2D eigenvalue weighted by molar-refractivity contribution is -0.118. The smallest absolute Gasteiger partial charge is 0.282 e. The highest BCUT2D eigenvalue weighted by Crippen LogP contribution is 2.24. The van der Waals surface area contributed by atoms with Crippen LogP contribution in [0.15, 0.2) is 77.9 Å². The van der Waals surface area contributed by atoms with E-state index in [-0.39, 0.29) is 12.5 Å². The van der Waals surface area contributed by atoms with Crippen LogP contribution in [0.5, 0.6) is 11.5 Å². The van der Waals surface area contributed by atoms with Crippen molar-refractivity contribution in [3.63, 3.8) is 0 Å². The zero-order valence-corrected chi connectivity index (χ0v) is 17.1. The Morgan fingerprint density at radius 3 is 2.22 bits per heavy atom. The third-order valence-corrected chi connectivity index (χ3v) is 4.73. The quantitative estimate of drug-likeness (QED) is 0.459. The van der Waals surface area contributed by atoms with Crippen LogP contribution < -0.4 is 14.8 Å². The maximum absolute atomic E-state index is 12.3. The van der Waals surface area contributed by atoms with E-state index in [4.69, 9.17) is 9.47 Å². The zero-order valence-electron chi connectivity index (χ0n) is 17.1. The summed E-state index contributed by atoms with van der Waals surface area (Å²) in [5.41, 5.74) is 1.89. The van der Waals surface area contributed by atoms with Crippen LogP contribution in [-0.2, 0) is 4.79 Å². The minimum atomic E-state index is -0.456.